The Labute approximate surface area is 83.1 Å². The van der Waals surface area contributed by atoms with Crippen molar-refractivity contribution in [2.75, 3.05) is 0 Å². The Balaban J connectivity index is 2.42. The molecule has 1 aromatic carbocycles. The topological polar surface area (TPSA) is 44.6 Å². The van der Waals surface area contributed by atoms with Gasteiger partial charge in [-0.1, -0.05) is 24.3 Å². The summed E-state index contributed by atoms with van der Waals surface area (Å²) >= 11 is 0. The molecular weight excluding hydrogens is 176 g/mol. The molecule has 2 N–H and O–H groups in total. The highest BCUT2D eigenvalue weighted by Crippen LogP contribution is 2.07. The summed E-state index contributed by atoms with van der Waals surface area (Å²) in [4.78, 5) is 4.18. The van der Waals surface area contributed by atoms with Gasteiger partial charge < -0.3 is 0 Å². The summed E-state index contributed by atoms with van der Waals surface area (Å²) in [5.74, 6) is 0. The van der Waals surface area contributed by atoms with Gasteiger partial charge in [0.1, 0.15) is 0 Å². The highest BCUT2D eigenvalue weighted by molar-refractivity contribution is 5.74. The van der Waals surface area contributed by atoms with E-state index in [4.69, 9.17) is 5.21 Å². The van der Waals surface area contributed by atoms with Gasteiger partial charge in [-0.3, -0.25) is 15.7 Å². The van der Waals surface area contributed by atoms with E-state index < -0.39 is 0 Å². The highest BCUT2D eigenvalue weighted by Gasteiger charge is 1.79. The fraction of sp³-hybridized carbons (Fsp3) is 0. The van der Waals surface area contributed by atoms with Gasteiger partial charge in [0, 0.05) is 12.4 Å². The first-order valence-corrected chi connectivity index (χ1v) is 4.24. The largest absolute Gasteiger partial charge is 0.292 e. The van der Waals surface area contributed by atoms with Crippen molar-refractivity contribution >= 4 is 11.9 Å². The van der Waals surface area contributed by atoms with Crippen molar-refractivity contribution in [2.24, 2.45) is 4.99 Å². The van der Waals surface area contributed by atoms with Crippen molar-refractivity contribution in [1.29, 1.82) is 0 Å². The van der Waals surface area contributed by atoms with E-state index in [1.165, 1.54) is 6.20 Å². The van der Waals surface area contributed by atoms with E-state index in [0.717, 1.165) is 5.69 Å². The van der Waals surface area contributed by atoms with Crippen molar-refractivity contribution < 1.29 is 5.21 Å². The third-order valence-corrected chi connectivity index (χ3v) is 1.46. The van der Waals surface area contributed by atoms with Gasteiger partial charge in [-0.15, -0.1) is 0 Å². The van der Waals surface area contributed by atoms with Crippen LogP contribution in [0, 0.1) is 0 Å². The number of allylic oxidation sites excluding steroid dienone is 3. The van der Waals surface area contributed by atoms with Gasteiger partial charge >= 0.3 is 0 Å². The van der Waals surface area contributed by atoms with E-state index in [9.17, 15) is 0 Å². The fourth-order valence-corrected chi connectivity index (χ4v) is 0.856. The van der Waals surface area contributed by atoms with Crippen LogP contribution in [0.15, 0.2) is 59.8 Å². The summed E-state index contributed by atoms with van der Waals surface area (Å²) in [6, 6.07) is 9.67. The first-order chi connectivity index (χ1) is 6.93. The van der Waals surface area contributed by atoms with Gasteiger partial charge in [-0.05, 0) is 24.3 Å². The van der Waals surface area contributed by atoms with E-state index in [2.05, 4.69) is 4.99 Å². The molecule has 0 aliphatic carbocycles. The summed E-state index contributed by atoms with van der Waals surface area (Å²) in [7, 11) is 0. The number of benzene rings is 1. The van der Waals surface area contributed by atoms with Crippen molar-refractivity contribution in [1.82, 2.24) is 5.48 Å². The maximum Gasteiger partial charge on any atom is 0.0629 e. The molecule has 0 fully saturated rings. The number of para-hydroxylation sites is 1. The highest BCUT2D eigenvalue weighted by atomic mass is 16.5. The van der Waals surface area contributed by atoms with Gasteiger partial charge in [-0.2, -0.15) is 0 Å². The monoisotopic (exact) mass is 188 g/mol. The van der Waals surface area contributed by atoms with E-state index in [1.807, 2.05) is 35.8 Å². The molecule has 0 aromatic heterocycles. The molecule has 3 heteroatoms. The maximum absolute atomic E-state index is 8.20. The lowest BCUT2D eigenvalue weighted by Crippen LogP contribution is -1.91. The molecule has 3 nitrogen and oxygen atoms in total. The lowest BCUT2D eigenvalue weighted by atomic mass is 10.3. The number of nitrogens with one attached hydrogen (secondary N) is 1. The normalized spacial score (nSPS) is 11.8. The summed E-state index contributed by atoms with van der Waals surface area (Å²) in [6.45, 7) is 0. The van der Waals surface area contributed by atoms with Crippen LogP contribution in [0.1, 0.15) is 0 Å². The standard InChI is InChI=1S/C11H12N2O/c14-13-10-6-2-5-9-12-11-7-3-1-4-8-11/h1-10,13-14H/b5-2+,10-6+,12-9?. The fourth-order valence-electron chi connectivity index (χ4n) is 0.856. The minimum Gasteiger partial charge on any atom is -0.292 e. The molecule has 72 valence electrons. The minimum absolute atomic E-state index is 0.918. The molecule has 14 heavy (non-hydrogen) atoms. The van der Waals surface area contributed by atoms with Crippen LogP contribution < -0.4 is 5.48 Å². The first-order valence-electron chi connectivity index (χ1n) is 4.24. The molecule has 1 rings (SSSR count). The van der Waals surface area contributed by atoms with Crippen LogP contribution in [0.5, 0.6) is 0 Å². The molecule has 0 radical (unpaired) electrons. The van der Waals surface area contributed by atoms with Crippen LogP contribution in [0.25, 0.3) is 0 Å². The van der Waals surface area contributed by atoms with Crippen LogP contribution in [-0.2, 0) is 0 Å². The molecule has 0 amide bonds. The van der Waals surface area contributed by atoms with Crippen molar-refractivity contribution in [3.05, 3.63) is 54.8 Å². The molecule has 0 heterocycles. The number of hydrogen-bond donors (Lipinski definition) is 2. The molecule has 0 aliphatic heterocycles. The predicted octanol–water partition coefficient (Wildman–Crippen LogP) is 2.44. The van der Waals surface area contributed by atoms with Crippen LogP contribution in [0.3, 0.4) is 0 Å². The predicted molar refractivity (Wildman–Crippen MR) is 57.8 cm³/mol. The third kappa shape index (κ3) is 4.23. The molecular formula is C11H12N2O. The number of hydroxylamine groups is 1. The second-order valence-electron chi connectivity index (χ2n) is 2.49. The summed E-state index contributed by atoms with van der Waals surface area (Å²) < 4.78 is 0. The minimum atomic E-state index is 0.918. The van der Waals surface area contributed by atoms with Crippen LogP contribution >= 0.6 is 0 Å². The van der Waals surface area contributed by atoms with Gasteiger partial charge in [0.15, 0.2) is 0 Å². The molecule has 0 spiro atoms. The van der Waals surface area contributed by atoms with Crippen molar-refractivity contribution in [2.45, 2.75) is 0 Å². The Morgan fingerprint density at radius 2 is 1.86 bits per heavy atom. The quantitative estimate of drug-likeness (QED) is 0.433. The van der Waals surface area contributed by atoms with E-state index in [1.54, 1.807) is 24.4 Å². The second-order valence-corrected chi connectivity index (χ2v) is 2.49. The lowest BCUT2D eigenvalue weighted by molar-refractivity contribution is 0.214. The molecule has 0 unspecified atom stereocenters. The molecule has 0 atom stereocenters. The van der Waals surface area contributed by atoms with Crippen molar-refractivity contribution in [3.63, 3.8) is 0 Å². The van der Waals surface area contributed by atoms with Gasteiger partial charge in [0.25, 0.3) is 0 Å². The van der Waals surface area contributed by atoms with Gasteiger partial charge in [0.2, 0.25) is 0 Å². The Bertz CT molecular complexity index is 328. The van der Waals surface area contributed by atoms with Crippen molar-refractivity contribution in [3.8, 4) is 0 Å². The molecule has 0 aliphatic rings. The zero-order chi connectivity index (χ0) is 10.1. The molecule has 0 saturated carbocycles. The number of nitrogens with zero attached hydrogens (tertiary/aromatic N) is 1. The SMILES string of the molecule is ON/C=C/C=C/C=Nc1ccccc1. The average molecular weight is 188 g/mol. The number of rotatable bonds is 4. The zero-order valence-corrected chi connectivity index (χ0v) is 7.67. The Hall–Kier alpha value is -1.87. The van der Waals surface area contributed by atoms with Crippen LogP contribution in [0.2, 0.25) is 0 Å². The van der Waals surface area contributed by atoms with Gasteiger partial charge in [-0.25, -0.2) is 0 Å². The Morgan fingerprint density at radius 1 is 1.07 bits per heavy atom. The van der Waals surface area contributed by atoms with Crippen LogP contribution in [-0.4, -0.2) is 11.4 Å². The van der Waals surface area contributed by atoms with Crippen LogP contribution in [0.4, 0.5) is 5.69 Å². The summed E-state index contributed by atoms with van der Waals surface area (Å²) in [5, 5.41) is 8.20. The first kappa shape index (κ1) is 10.2. The smallest absolute Gasteiger partial charge is 0.0629 e. The Morgan fingerprint density at radius 3 is 2.57 bits per heavy atom. The Kier molecular flexibility index (Phi) is 4.83. The maximum atomic E-state index is 8.20. The third-order valence-electron chi connectivity index (χ3n) is 1.46. The van der Waals surface area contributed by atoms with Gasteiger partial charge in [0.05, 0.1) is 5.69 Å². The van der Waals surface area contributed by atoms with E-state index in [0.29, 0.717) is 0 Å². The lowest BCUT2D eigenvalue weighted by Gasteiger charge is -1.87. The molecule has 0 bridgehead atoms. The zero-order valence-electron chi connectivity index (χ0n) is 7.67. The number of hydrogen-bond acceptors (Lipinski definition) is 3. The second kappa shape index (κ2) is 6.62. The van der Waals surface area contributed by atoms with E-state index >= 15 is 0 Å². The van der Waals surface area contributed by atoms with E-state index in [-0.39, 0.29) is 0 Å². The average Bonchev–Trinajstić information content (AvgIpc) is 2.25. The molecule has 1 aromatic rings. The summed E-state index contributed by atoms with van der Waals surface area (Å²) in [5.41, 5.74) is 2.82. The number of aliphatic imine (C=N–C) groups is 1. The molecule has 0 saturated heterocycles. The summed E-state index contributed by atoms with van der Waals surface area (Å²) in [6.07, 6.45) is 8.30.